The van der Waals surface area contributed by atoms with Gasteiger partial charge in [0.1, 0.15) is 5.82 Å². The summed E-state index contributed by atoms with van der Waals surface area (Å²) >= 11 is 0. The van der Waals surface area contributed by atoms with Crippen molar-refractivity contribution in [3.8, 4) is 0 Å². The third-order valence-corrected chi connectivity index (χ3v) is 4.23. The van der Waals surface area contributed by atoms with E-state index in [4.69, 9.17) is 0 Å². The topological polar surface area (TPSA) is 65.5 Å². The van der Waals surface area contributed by atoms with Gasteiger partial charge in [0.2, 0.25) is 5.91 Å². The van der Waals surface area contributed by atoms with Crippen LogP contribution < -0.4 is 15.1 Å². The summed E-state index contributed by atoms with van der Waals surface area (Å²) in [6.07, 6.45) is 4.20. The molecule has 0 bridgehead atoms. The number of carbonyl (C=O) groups is 2. The van der Waals surface area contributed by atoms with E-state index < -0.39 is 0 Å². The molecule has 130 valence electrons. The van der Waals surface area contributed by atoms with Gasteiger partial charge in [0.05, 0.1) is 11.9 Å². The van der Waals surface area contributed by atoms with Crippen LogP contribution in [0, 0.1) is 0 Å². The first-order valence-corrected chi connectivity index (χ1v) is 8.40. The molecule has 1 saturated heterocycles. The maximum Gasteiger partial charge on any atom is 0.255 e. The normalized spacial score (nSPS) is 14.3. The summed E-state index contributed by atoms with van der Waals surface area (Å²) in [6, 6.07) is 10.8. The Morgan fingerprint density at radius 2 is 1.88 bits per heavy atom. The molecule has 1 aromatic carbocycles. The Morgan fingerprint density at radius 1 is 1.12 bits per heavy atom. The van der Waals surface area contributed by atoms with Crippen molar-refractivity contribution in [3.05, 3.63) is 48.2 Å². The van der Waals surface area contributed by atoms with Crippen LogP contribution in [0.1, 0.15) is 29.6 Å². The molecule has 0 spiro atoms. The molecule has 0 atom stereocenters. The van der Waals surface area contributed by atoms with Crippen LogP contribution in [0.2, 0.25) is 0 Å². The Hall–Kier alpha value is -2.89. The van der Waals surface area contributed by atoms with Gasteiger partial charge in [-0.2, -0.15) is 0 Å². The zero-order chi connectivity index (χ0) is 17.8. The summed E-state index contributed by atoms with van der Waals surface area (Å²) in [7, 11) is 3.82. The number of hydrogen-bond donors (Lipinski definition) is 1. The summed E-state index contributed by atoms with van der Waals surface area (Å²) < 4.78 is 0. The van der Waals surface area contributed by atoms with Gasteiger partial charge in [0.25, 0.3) is 5.91 Å². The number of nitrogens with zero attached hydrogens (tertiary/aromatic N) is 3. The standard InChI is InChI=1S/C19H22N4O2/c1-22(2)17-11-8-15(13-20-17)21-19(25)14-6-9-16(10-7-14)23-12-4-3-5-18(23)24/h6-11,13H,3-5,12H2,1-2H3,(H,21,25). The molecular formula is C19H22N4O2. The van der Waals surface area contributed by atoms with E-state index in [-0.39, 0.29) is 11.8 Å². The highest BCUT2D eigenvalue weighted by Gasteiger charge is 2.19. The zero-order valence-electron chi connectivity index (χ0n) is 14.5. The predicted molar refractivity (Wildman–Crippen MR) is 99.2 cm³/mol. The van der Waals surface area contributed by atoms with Crippen LogP contribution in [0.3, 0.4) is 0 Å². The van der Waals surface area contributed by atoms with Crippen LogP contribution in [0.15, 0.2) is 42.6 Å². The first-order valence-electron chi connectivity index (χ1n) is 8.40. The molecule has 1 N–H and O–H groups in total. The van der Waals surface area contributed by atoms with E-state index >= 15 is 0 Å². The Labute approximate surface area is 147 Å². The minimum absolute atomic E-state index is 0.149. The lowest BCUT2D eigenvalue weighted by Crippen LogP contribution is -2.35. The first-order chi connectivity index (χ1) is 12.0. The van der Waals surface area contributed by atoms with E-state index in [1.165, 1.54) is 0 Å². The summed E-state index contributed by atoms with van der Waals surface area (Å²) in [4.78, 5) is 32.3. The van der Waals surface area contributed by atoms with Gasteiger partial charge in [-0.15, -0.1) is 0 Å². The van der Waals surface area contributed by atoms with Gasteiger partial charge in [-0.1, -0.05) is 0 Å². The number of benzene rings is 1. The molecule has 1 aliphatic heterocycles. The van der Waals surface area contributed by atoms with Gasteiger partial charge in [-0.25, -0.2) is 4.98 Å². The molecule has 25 heavy (non-hydrogen) atoms. The van der Waals surface area contributed by atoms with Crippen LogP contribution in [-0.4, -0.2) is 37.4 Å². The minimum Gasteiger partial charge on any atom is -0.363 e. The second kappa shape index (κ2) is 7.34. The largest absolute Gasteiger partial charge is 0.363 e. The third-order valence-electron chi connectivity index (χ3n) is 4.23. The molecule has 0 unspecified atom stereocenters. The number of pyridine rings is 1. The number of piperidine rings is 1. The number of rotatable bonds is 4. The number of aromatic nitrogens is 1. The molecule has 2 aromatic rings. The fraction of sp³-hybridized carbons (Fsp3) is 0.316. The van der Waals surface area contributed by atoms with Crippen LogP contribution in [-0.2, 0) is 4.79 Å². The third kappa shape index (κ3) is 3.96. The van der Waals surface area contributed by atoms with Crippen molar-refractivity contribution >= 4 is 29.0 Å². The fourth-order valence-corrected chi connectivity index (χ4v) is 2.80. The van der Waals surface area contributed by atoms with Crippen molar-refractivity contribution in [1.29, 1.82) is 0 Å². The Kier molecular flexibility index (Phi) is 4.97. The summed E-state index contributed by atoms with van der Waals surface area (Å²) in [5, 5.41) is 2.83. The van der Waals surface area contributed by atoms with Crippen LogP contribution >= 0.6 is 0 Å². The van der Waals surface area contributed by atoms with E-state index in [1.54, 1.807) is 23.2 Å². The molecular weight excluding hydrogens is 316 g/mol. The molecule has 6 heteroatoms. The van der Waals surface area contributed by atoms with E-state index in [0.717, 1.165) is 30.9 Å². The minimum atomic E-state index is -0.198. The molecule has 6 nitrogen and oxygen atoms in total. The molecule has 0 radical (unpaired) electrons. The summed E-state index contributed by atoms with van der Waals surface area (Å²) in [5.41, 5.74) is 2.04. The van der Waals surface area contributed by atoms with Gasteiger partial charge >= 0.3 is 0 Å². The first kappa shape index (κ1) is 17.0. The summed E-state index contributed by atoms with van der Waals surface area (Å²) in [6.45, 7) is 0.744. The molecule has 3 rings (SSSR count). The molecule has 2 amide bonds. The molecule has 0 aliphatic carbocycles. The number of anilines is 3. The van der Waals surface area contributed by atoms with Crippen LogP contribution in [0.5, 0.6) is 0 Å². The molecule has 0 saturated carbocycles. The molecule has 1 aliphatic rings. The van der Waals surface area contributed by atoms with Crippen molar-refractivity contribution in [1.82, 2.24) is 4.98 Å². The predicted octanol–water partition coefficient (Wildman–Crippen LogP) is 2.92. The fourth-order valence-electron chi connectivity index (χ4n) is 2.80. The number of amides is 2. The smallest absolute Gasteiger partial charge is 0.255 e. The maximum absolute atomic E-state index is 12.4. The van der Waals surface area contributed by atoms with Gasteiger partial charge in [0.15, 0.2) is 0 Å². The molecule has 1 aromatic heterocycles. The number of hydrogen-bond acceptors (Lipinski definition) is 4. The lowest BCUT2D eigenvalue weighted by Gasteiger charge is -2.26. The average molecular weight is 338 g/mol. The van der Waals surface area contributed by atoms with Gasteiger partial charge in [-0.3, -0.25) is 9.59 Å². The Bertz CT molecular complexity index is 754. The number of carbonyl (C=O) groups excluding carboxylic acids is 2. The van der Waals surface area contributed by atoms with E-state index in [2.05, 4.69) is 10.3 Å². The highest BCUT2D eigenvalue weighted by Crippen LogP contribution is 2.21. The van der Waals surface area contributed by atoms with Crippen molar-refractivity contribution in [2.24, 2.45) is 0 Å². The second-order valence-electron chi connectivity index (χ2n) is 6.30. The second-order valence-corrected chi connectivity index (χ2v) is 6.30. The monoisotopic (exact) mass is 338 g/mol. The van der Waals surface area contributed by atoms with Crippen molar-refractivity contribution in [2.75, 3.05) is 35.8 Å². The molecule has 2 heterocycles. The lowest BCUT2D eigenvalue weighted by atomic mass is 10.1. The highest BCUT2D eigenvalue weighted by atomic mass is 16.2. The van der Waals surface area contributed by atoms with Gasteiger partial charge in [0, 0.05) is 38.3 Å². The van der Waals surface area contributed by atoms with E-state index in [1.807, 2.05) is 43.3 Å². The molecule has 1 fully saturated rings. The van der Waals surface area contributed by atoms with Crippen molar-refractivity contribution < 1.29 is 9.59 Å². The van der Waals surface area contributed by atoms with Crippen LogP contribution in [0.25, 0.3) is 0 Å². The van der Waals surface area contributed by atoms with Crippen molar-refractivity contribution in [2.45, 2.75) is 19.3 Å². The number of nitrogens with one attached hydrogen (secondary N) is 1. The quantitative estimate of drug-likeness (QED) is 0.931. The van der Waals surface area contributed by atoms with E-state index in [9.17, 15) is 9.59 Å². The van der Waals surface area contributed by atoms with E-state index in [0.29, 0.717) is 17.7 Å². The van der Waals surface area contributed by atoms with Crippen LogP contribution in [0.4, 0.5) is 17.2 Å². The van der Waals surface area contributed by atoms with Gasteiger partial charge < -0.3 is 15.1 Å². The maximum atomic E-state index is 12.4. The lowest BCUT2D eigenvalue weighted by molar-refractivity contribution is -0.119. The van der Waals surface area contributed by atoms with Gasteiger partial charge in [-0.05, 0) is 49.2 Å². The highest BCUT2D eigenvalue weighted by molar-refractivity contribution is 6.04. The average Bonchev–Trinajstić information content (AvgIpc) is 2.63. The Balaban J connectivity index is 1.67. The SMILES string of the molecule is CN(C)c1ccc(NC(=O)c2ccc(N3CCCCC3=O)cc2)cn1. The Morgan fingerprint density at radius 3 is 2.48 bits per heavy atom. The zero-order valence-corrected chi connectivity index (χ0v) is 14.5. The van der Waals surface area contributed by atoms with Crippen molar-refractivity contribution in [3.63, 3.8) is 0 Å². The summed E-state index contributed by atoms with van der Waals surface area (Å²) in [5.74, 6) is 0.778.